The second-order valence-electron chi connectivity index (χ2n) is 4.88. The molecule has 6 nitrogen and oxygen atoms in total. The Hall–Kier alpha value is -2.16. The van der Waals surface area contributed by atoms with Crippen LogP contribution in [0.4, 0.5) is 14.5 Å². The number of hydrogen-bond acceptors (Lipinski definition) is 4. The second-order valence-corrected chi connectivity index (χ2v) is 6.56. The van der Waals surface area contributed by atoms with Gasteiger partial charge in [-0.15, -0.1) is 0 Å². The molecule has 0 aliphatic carbocycles. The predicted molar refractivity (Wildman–Crippen MR) is 76.4 cm³/mol. The summed E-state index contributed by atoms with van der Waals surface area (Å²) in [5, 5.41) is 6.44. The smallest absolute Gasteiger partial charge is 0.262 e. The summed E-state index contributed by atoms with van der Waals surface area (Å²) in [6, 6.07) is 1.39. The molecule has 0 fully saturated rings. The van der Waals surface area contributed by atoms with E-state index in [9.17, 15) is 17.2 Å². The van der Waals surface area contributed by atoms with E-state index < -0.39 is 32.3 Å². The molecule has 0 radical (unpaired) electrons. The first kappa shape index (κ1) is 16.2. The van der Waals surface area contributed by atoms with Crippen LogP contribution in [0.1, 0.15) is 25.5 Å². The lowest BCUT2D eigenvalue weighted by Crippen LogP contribution is -2.15. The molecule has 0 atom stereocenters. The van der Waals surface area contributed by atoms with Crippen molar-refractivity contribution in [1.29, 1.82) is 0 Å². The molecular formula is C13H15F2N3O3S. The van der Waals surface area contributed by atoms with Gasteiger partial charge in [0.15, 0.2) is 17.4 Å². The number of methoxy groups -OCH3 is 1. The Bertz CT molecular complexity index is 765. The zero-order valence-corrected chi connectivity index (χ0v) is 13.0. The van der Waals surface area contributed by atoms with E-state index in [0.717, 1.165) is 7.11 Å². The zero-order valence-electron chi connectivity index (χ0n) is 12.1. The number of nitrogens with zero attached hydrogens (tertiary/aromatic N) is 1. The normalized spacial score (nSPS) is 11.7. The van der Waals surface area contributed by atoms with Gasteiger partial charge in [-0.05, 0) is 18.1 Å². The first-order chi connectivity index (χ1) is 10.3. The van der Waals surface area contributed by atoms with E-state index in [1.54, 1.807) is 0 Å². The van der Waals surface area contributed by atoms with Gasteiger partial charge in [-0.2, -0.15) is 5.10 Å². The van der Waals surface area contributed by atoms with Gasteiger partial charge in [-0.3, -0.25) is 9.82 Å². The quantitative estimate of drug-likeness (QED) is 0.882. The molecule has 0 spiro atoms. The van der Waals surface area contributed by atoms with Crippen LogP contribution in [-0.2, 0) is 10.0 Å². The number of H-pyrrole nitrogens is 1. The molecule has 2 rings (SSSR count). The molecule has 0 aliphatic heterocycles. The van der Waals surface area contributed by atoms with Gasteiger partial charge in [0.2, 0.25) is 0 Å². The Morgan fingerprint density at radius 2 is 1.86 bits per heavy atom. The average molecular weight is 331 g/mol. The Morgan fingerprint density at radius 3 is 2.36 bits per heavy atom. The third kappa shape index (κ3) is 3.03. The number of nitrogens with one attached hydrogen (secondary N) is 2. The zero-order chi connectivity index (χ0) is 16.5. The lowest BCUT2D eigenvalue weighted by molar-refractivity contribution is 0.358. The van der Waals surface area contributed by atoms with Crippen molar-refractivity contribution in [2.24, 2.45) is 0 Å². The van der Waals surface area contributed by atoms with Gasteiger partial charge >= 0.3 is 0 Å². The standard InChI is InChI=1S/C13H15F2N3O3S/c1-7(2)12-11(6-16-17-12)18-22(19,20)8-4-9(14)13(21-3)10(15)5-8/h4-7,18H,1-3H3,(H,16,17). The fourth-order valence-corrected chi connectivity index (χ4v) is 3.00. The number of sulfonamides is 1. The van der Waals surface area contributed by atoms with Crippen LogP contribution in [0.25, 0.3) is 0 Å². The van der Waals surface area contributed by atoms with Gasteiger partial charge in [-0.25, -0.2) is 17.2 Å². The van der Waals surface area contributed by atoms with Gasteiger partial charge in [0.25, 0.3) is 10.0 Å². The summed E-state index contributed by atoms with van der Waals surface area (Å²) >= 11 is 0. The Balaban J connectivity index is 2.41. The van der Waals surface area contributed by atoms with Crippen molar-refractivity contribution in [1.82, 2.24) is 10.2 Å². The van der Waals surface area contributed by atoms with Crippen LogP contribution < -0.4 is 9.46 Å². The number of benzene rings is 1. The van der Waals surface area contributed by atoms with Crippen LogP contribution in [0.5, 0.6) is 5.75 Å². The van der Waals surface area contributed by atoms with Gasteiger partial charge in [0.05, 0.1) is 29.6 Å². The Morgan fingerprint density at radius 1 is 1.27 bits per heavy atom. The molecule has 0 aliphatic rings. The summed E-state index contributed by atoms with van der Waals surface area (Å²) in [5.41, 5.74) is 0.796. The third-order valence-electron chi connectivity index (χ3n) is 2.98. The molecule has 120 valence electrons. The fraction of sp³-hybridized carbons (Fsp3) is 0.308. The molecule has 1 aromatic heterocycles. The second kappa shape index (κ2) is 5.91. The number of hydrogen-bond donors (Lipinski definition) is 2. The highest BCUT2D eigenvalue weighted by Gasteiger charge is 2.22. The number of halogens is 2. The van der Waals surface area contributed by atoms with E-state index in [4.69, 9.17) is 0 Å². The minimum Gasteiger partial charge on any atom is -0.491 e. The number of rotatable bonds is 5. The molecule has 0 saturated heterocycles. The van der Waals surface area contributed by atoms with Crippen LogP contribution in [0.2, 0.25) is 0 Å². The molecule has 2 aromatic rings. The topological polar surface area (TPSA) is 84.1 Å². The molecule has 2 N–H and O–H groups in total. The van der Waals surface area contributed by atoms with Gasteiger partial charge in [0, 0.05) is 0 Å². The van der Waals surface area contributed by atoms with E-state index in [1.165, 1.54) is 6.20 Å². The number of aromatic amines is 1. The summed E-state index contributed by atoms with van der Waals surface area (Å²) in [6.45, 7) is 3.69. The molecule has 1 heterocycles. The summed E-state index contributed by atoms with van der Waals surface area (Å²) in [6.07, 6.45) is 1.29. The average Bonchev–Trinajstić information content (AvgIpc) is 2.85. The minimum absolute atomic E-state index is 0.00969. The molecular weight excluding hydrogens is 316 g/mol. The highest BCUT2D eigenvalue weighted by Crippen LogP contribution is 2.28. The number of anilines is 1. The molecule has 22 heavy (non-hydrogen) atoms. The number of aromatic nitrogens is 2. The molecule has 0 unspecified atom stereocenters. The van der Waals surface area contributed by atoms with E-state index in [0.29, 0.717) is 17.8 Å². The predicted octanol–water partition coefficient (Wildman–Crippen LogP) is 2.62. The van der Waals surface area contributed by atoms with Crippen molar-refractivity contribution in [3.05, 3.63) is 35.7 Å². The maximum atomic E-state index is 13.7. The van der Waals surface area contributed by atoms with Crippen LogP contribution in [0.3, 0.4) is 0 Å². The van der Waals surface area contributed by atoms with Crippen molar-refractivity contribution < 1.29 is 21.9 Å². The number of ether oxygens (including phenoxy) is 1. The van der Waals surface area contributed by atoms with Crippen molar-refractivity contribution in [2.45, 2.75) is 24.7 Å². The maximum absolute atomic E-state index is 13.7. The highest BCUT2D eigenvalue weighted by atomic mass is 32.2. The van der Waals surface area contributed by atoms with E-state index in [-0.39, 0.29) is 11.6 Å². The van der Waals surface area contributed by atoms with Crippen LogP contribution >= 0.6 is 0 Å². The minimum atomic E-state index is -4.15. The van der Waals surface area contributed by atoms with Gasteiger partial charge < -0.3 is 4.74 Å². The van der Waals surface area contributed by atoms with Crippen LogP contribution in [-0.4, -0.2) is 25.7 Å². The van der Waals surface area contributed by atoms with Gasteiger partial charge in [0.1, 0.15) is 0 Å². The first-order valence-electron chi connectivity index (χ1n) is 6.35. The first-order valence-corrected chi connectivity index (χ1v) is 7.83. The van der Waals surface area contributed by atoms with Crippen molar-refractivity contribution in [2.75, 3.05) is 11.8 Å². The maximum Gasteiger partial charge on any atom is 0.262 e. The summed E-state index contributed by atoms with van der Waals surface area (Å²) in [4.78, 5) is -0.542. The summed E-state index contributed by atoms with van der Waals surface area (Å²) < 4.78 is 58.6. The van der Waals surface area contributed by atoms with Crippen LogP contribution in [0, 0.1) is 11.6 Å². The highest BCUT2D eigenvalue weighted by molar-refractivity contribution is 7.92. The van der Waals surface area contributed by atoms with E-state index >= 15 is 0 Å². The molecule has 1 aromatic carbocycles. The fourth-order valence-electron chi connectivity index (χ4n) is 1.91. The lowest BCUT2D eigenvalue weighted by Gasteiger charge is -2.11. The summed E-state index contributed by atoms with van der Waals surface area (Å²) in [7, 11) is -3.06. The van der Waals surface area contributed by atoms with Crippen molar-refractivity contribution in [3.63, 3.8) is 0 Å². The van der Waals surface area contributed by atoms with Crippen LogP contribution in [0.15, 0.2) is 23.2 Å². The SMILES string of the molecule is COc1c(F)cc(S(=O)(=O)Nc2cn[nH]c2C(C)C)cc1F. The third-order valence-corrected chi connectivity index (χ3v) is 4.32. The Kier molecular flexibility index (Phi) is 4.36. The molecule has 0 saturated carbocycles. The van der Waals surface area contributed by atoms with Crippen molar-refractivity contribution >= 4 is 15.7 Å². The van der Waals surface area contributed by atoms with Gasteiger partial charge in [-0.1, -0.05) is 13.8 Å². The molecule has 0 amide bonds. The monoisotopic (exact) mass is 331 g/mol. The van der Waals surface area contributed by atoms with Crippen molar-refractivity contribution in [3.8, 4) is 5.75 Å². The molecule has 9 heteroatoms. The molecule has 0 bridgehead atoms. The van der Waals surface area contributed by atoms with E-state index in [1.807, 2.05) is 13.8 Å². The lowest BCUT2D eigenvalue weighted by atomic mass is 10.1. The van der Waals surface area contributed by atoms with E-state index in [2.05, 4.69) is 19.7 Å². The Labute approximate surface area is 126 Å². The summed E-state index contributed by atoms with van der Waals surface area (Å²) in [5.74, 6) is -2.84. The largest absolute Gasteiger partial charge is 0.491 e.